The Balaban J connectivity index is 1.96. The molecule has 2 heteroatoms. The maximum Gasteiger partial charge on any atom is 0.00503 e. The Morgan fingerprint density at radius 1 is 0.944 bits per heavy atom. The highest BCUT2D eigenvalue weighted by molar-refractivity contribution is 4.89. The molecule has 0 aromatic rings. The van der Waals surface area contributed by atoms with Crippen LogP contribution in [0.25, 0.3) is 0 Å². The standard InChI is InChI=1S/C16H32N2/c1-15(2)8-7-11-18(13-15)14-16(12-17)9-5-3-4-6-10-16/h3-14,17H2,1-2H3. The summed E-state index contributed by atoms with van der Waals surface area (Å²) < 4.78 is 0. The van der Waals surface area contributed by atoms with E-state index in [1.165, 1.54) is 71.0 Å². The maximum atomic E-state index is 6.17. The molecule has 1 saturated carbocycles. The van der Waals surface area contributed by atoms with Crippen molar-refractivity contribution in [3.63, 3.8) is 0 Å². The van der Waals surface area contributed by atoms with E-state index < -0.39 is 0 Å². The fourth-order valence-electron chi connectivity index (χ4n) is 4.06. The van der Waals surface area contributed by atoms with Gasteiger partial charge in [-0.05, 0) is 49.6 Å². The molecule has 2 N–H and O–H groups in total. The van der Waals surface area contributed by atoms with Crippen molar-refractivity contribution in [1.82, 2.24) is 4.90 Å². The summed E-state index contributed by atoms with van der Waals surface area (Å²) in [7, 11) is 0. The third-order valence-electron chi connectivity index (χ3n) is 5.14. The summed E-state index contributed by atoms with van der Waals surface area (Å²) >= 11 is 0. The molecule has 1 heterocycles. The van der Waals surface area contributed by atoms with Crippen molar-refractivity contribution >= 4 is 0 Å². The average molecular weight is 252 g/mol. The van der Waals surface area contributed by atoms with E-state index in [0.29, 0.717) is 10.8 Å². The van der Waals surface area contributed by atoms with Crippen molar-refractivity contribution in [2.24, 2.45) is 16.6 Å². The smallest absolute Gasteiger partial charge is 0.00503 e. The van der Waals surface area contributed by atoms with E-state index in [1.54, 1.807) is 0 Å². The fourth-order valence-corrected chi connectivity index (χ4v) is 4.06. The Kier molecular flexibility index (Phi) is 4.71. The first-order valence-corrected chi connectivity index (χ1v) is 7.98. The lowest BCUT2D eigenvalue weighted by atomic mass is 9.78. The van der Waals surface area contributed by atoms with E-state index in [1.807, 2.05) is 0 Å². The molecular weight excluding hydrogens is 220 g/mol. The number of nitrogens with zero attached hydrogens (tertiary/aromatic N) is 1. The van der Waals surface area contributed by atoms with Gasteiger partial charge in [0.05, 0.1) is 0 Å². The normalized spacial score (nSPS) is 28.8. The van der Waals surface area contributed by atoms with Crippen molar-refractivity contribution in [2.45, 2.75) is 65.2 Å². The van der Waals surface area contributed by atoms with Crippen molar-refractivity contribution in [3.8, 4) is 0 Å². The van der Waals surface area contributed by atoms with Gasteiger partial charge in [0.1, 0.15) is 0 Å². The second kappa shape index (κ2) is 5.92. The molecule has 2 rings (SSSR count). The van der Waals surface area contributed by atoms with Crippen LogP contribution in [0.4, 0.5) is 0 Å². The largest absolute Gasteiger partial charge is 0.330 e. The highest BCUT2D eigenvalue weighted by Gasteiger charge is 2.34. The quantitative estimate of drug-likeness (QED) is 0.780. The molecule has 1 aliphatic heterocycles. The molecule has 18 heavy (non-hydrogen) atoms. The number of likely N-dealkylation sites (tertiary alicyclic amines) is 1. The van der Waals surface area contributed by atoms with Gasteiger partial charge >= 0.3 is 0 Å². The zero-order valence-electron chi connectivity index (χ0n) is 12.5. The summed E-state index contributed by atoms with van der Waals surface area (Å²) in [5, 5.41) is 0. The van der Waals surface area contributed by atoms with Crippen LogP contribution in [0.5, 0.6) is 0 Å². The molecule has 0 spiro atoms. The number of piperidine rings is 1. The Morgan fingerprint density at radius 3 is 2.17 bits per heavy atom. The predicted molar refractivity (Wildman–Crippen MR) is 78.6 cm³/mol. The van der Waals surface area contributed by atoms with Crippen LogP contribution >= 0.6 is 0 Å². The Labute approximate surface area is 113 Å². The van der Waals surface area contributed by atoms with Gasteiger partial charge in [-0.15, -0.1) is 0 Å². The van der Waals surface area contributed by atoms with Gasteiger partial charge in [-0.2, -0.15) is 0 Å². The second-order valence-electron chi connectivity index (χ2n) is 7.60. The molecule has 2 fully saturated rings. The van der Waals surface area contributed by atoms with Crippen molar-refractivity contribution in [3.05, 3.63) is 0 Å². The lowest BCUT2D eigenvalue weighted by molar-refractivity contribution is 0.0641. The predicted octanol–water partition coefficient (Wildman–Crippen LogP) is 3.41. The Hall–Kier alpha value is -0.0800. The molecule has 0 amide bonds. The highest BCUT2D eigenvalue weighted by atomic mass is 15.1. The molecule has 0 atom stereocenters. The third kappa shape index (κ3) is 3.71. The fraction of sp³-hybridized carbons (Fsp3) is 1.00. The van der Waals surface area contributed by atoms with Crippen LogP contribution in [0, 0.1) is 10.8 Å². The lowest BCUT2D eigenvalue weighted by Gasteiger charge is -2.43. The molecule has 0 bridgehead atoms. The summed E-state index contributed by atoms with van der Waals surface area (Å²) in [5.74, 6) is 0. The van der Waals surface area contributed by atoms with Crippen LogP contribution in [0.1, 0.15) is 65.2 Å². The first-order valence-electron chi connectivity index (χ1n) is 7.98. The lowest BCUT2D eigenvalue weighted by Crippen LogP contribution is -2.48. The minimum Gasteiger partial charge on any atom is -0.330 e. The molecule has 0 radical (unpaired) electrons. The monoisotopic (exact) mass is 252 g/mol. The molecular formula is C16H32N2. The first kappa shape index (κ1) is 14.3. The van der Waals surface area contributed by atoms with Gasteiger partial charge in [0.15, 0.2) is 0 Å². The van der Waals surface area contributed by atoms with Crippen molar-refractivity contribution in [2.75, 3.05) is 26.2 Å². The summed E-state index contributed by atoms with van der Waals surface area (Å²) in [4.78, 5) is 2.71. The summed E-state index contributed by atoms with van der Waals surface area (Å²) in [6, 6.07) is 0. The third-order valence-corrected chi connectivity index (χ3v) is 5.14. The molecule has 2 nitrogen and oxygen atoms in total. The van der Waals surface area contributed by atoms with E-state index in [4.69, 9.17) is 5.73 Å². The number of hydrogen-bond donors (Lipinski definition) is 1. The topological polar surface area (TPSA) is 29.3 Å². The number of nitrogens with two attached hydrogens (primary N) is 1. The van der Waals surface area contributed by atoms with E-state index in [2.05, 4.69) is 18.7 Å². The van der Waals surface area contributed by atoms with Gasteiger partial charge in [0.25, 0.3) is 0 Å². The minimum atomic E-state index is 0.434. The van der Waals surface area contributed by atoms with Gasteiger partial charge in [-0.25, -0.2) is 0 Å². The Bertz CT molecular complexity index is 252. The van der Waals surface area contributed by atoms with Crippen LogP contribution in [0.2, 0.25) is 0 Å². The van der Waals surface area contributed by atoms with Crippen molar-refractivity contribution < 1.29 is 0 Å². The average Bonchev–Trinajstić information content (AvgIpc) is 2.54. The molecule has 0 aromatic carbocycles. The Morgan fingerprint density at radius 2 is 1.61 bits per heavy atom. The molecule has 1 aliphatic carbocycles. The summed E-state index contributed by atoms with van der Waals surface area (Å²) in [6.07, 6.45) is 11.1. The van der Waals surface area contributed by atoms with Crippen LogP contribution < -0.4 is 5.73 Å². The highest BCUT2D eigenvalue weighted by Crippen LogP contribution is 2.37. The van der Waals surface area contributed by atoms with Gasteiger partial charge in [-0.1, -0.05) is 39.5 Å². The van der Waals surface area contributed by atoms with Crippen LogP contribution in [0.3, 0.4) is 0 Å². The van der Waals surface area contributed by atoms with E-state index >= 15 is 0 Å². The van der Waals surface area contributed by atoms with E-state index in [0.717, 1.165) is 6.54 Å². The molecule has 0 aromatic heterocycles. The summed E-state index contributed by atoms with van der Waals surface area (Å²) in [6.45, 7) is 9.56. The minimum absolute atomic E-state index is 0.434. The number of hydrogen-bond acceptors (Lipinski definition) is 2. The first-order chi connectivity index (χ1) is 8.55. The number of rotatable bonds is 3. The molecule has 2 aliphatic rings. The van der Waals surface area contributed by atoms with Gasteiger partial charge < -0.3 is 10.6 Å². The van der Waals surface area contributed by atoms with E-state index in [-0.39, 0.29) is 0 Å². The van der Waals surface area contributed by atoms with Crippen molar-refractivity contribution in [1.29, 1.82) is 0 Å². The van der Waals surface area contributed by atoms with E-state index in [9.17, 15) is 0 Å². The van der Waals surface area contributed by atoms with Crippen LogP contribution in [-0.4, -0.2) is 31.1 Å². The molecule has 0 unspecified atom stereocenters. The second-order valence-corrected chi connectivity index (χ2v) is 7.60. The molecule has 1 saturated heterocycles. The summed E-state index contributed by atoms with van der Waals surface area (Å²) in [5.41, 5.74) is 7.11. The van der Waals surface area contributed by atoms with Gasteiger partial charge in [0.2, 0.25) is 0 Å². The zero-order chi connectivity index (χ0) is 13.1. The van der Waals surface area contributed by atoms with Crippen LogP contribution in [-0.2, 0) is 0 Å². The van der Waals surface area contributed by atoms with Crippen LogP contribution in [0.15, 0.2) is 0 Å². The SMILES string of the molecule is CC1(C)CCCN(CC2(CN)CCCCCC2)C1. The maximum absolute atomic E-state index is 6.17. The molecule has 106 valence electrons. The van der Waals surface area contributed by atoms with Gasteiger partial charge in [0, 0.05) is 13.1 Å². The van der Waals surface area contributed by atoms with Gasteiger partial charge in [-0.3, -0.25) is 0 Å². The zero-order valence-corrected chi connectivity index (χ0v) is 12.5.